The summed E-state index contributed by atoms with van der Waals surface area (Å²) in [5.74, 6) is 0.920. The average molecular weight is 302 g/mol. The van der Waals surface area contributed by atoms with Gasteiger partial charge < -0.3 is 10.1 Å². The van der Waals surface area contributed by atoms with Gasteiger partial charge >= 0.3 is 0 Å². The standard InChI is InChI=1S/C17H22N2OS/c1-11-4-7-15(8-12(11)2)20-10-17-19-13(3)16(21-17)9-18-14-5-6-14/h4,7-8,14,18H,5-6,9-10H2,1-3H3. The van der Waals surface area contributed by atoms with Gasteiger partial charge in [0.25, 0.3) is 0 Å². The summed E-state index contributed by atoms with van der Waals surface area (Å²) in [7, 11) is 0. The van der Waals surface area contributed by atoms with E-state index in [-0.39, 0.29) is 0 Å². The third kappa shape index (κ3) is 3.83. The fourth-order valence-corrected chi connectivity index (χ4v) is 3.12. The second-order valence-electron chi connectivity index (χ2n) is 5.81. The number of hydrogen-bond donors (Lipinski definition) is 1. The van der Waals surface area contributed by atoms with Gasteiger partial charge in [0.1, 0.15) is 17.4 Å². The first kappa shape index (κ1) is 14.5. The van der Waals surface area contributed by atoms with Crippen molar-refractivity contribution in [2.75, 3.05) is 0 Å². The molecule has 21 heavy (non-hydrogen) atoms. The largest absolute Gasteiger partial charge is 0.486 e. The second kappa shape index (κ2) is 6.16. The van der Waals surface area contributed by atoms with Crippen molar-refractivity contribution >= 4 is 11.3 Å². The van der Waals surface area contributed by atoms with Gasteiger partial charge in [-0.1, -0.05) is 6.07 Å². The zero-order chi connectivity index (χ0) is 14.8. The van der Waals surface area contributed by atoms with Crippen LogP contribution in [0.15, 0.2) is 18.2 Å². The topological polar surface area (TPSA) is 34.1 Å². The van der Waals surface area contributed by atoms with E-state index in [1.807, 2.05) is 6.07 Å². The quantitative estimate of drug-likeness (QED) is 0.879. The van der Waals surface area contributed by atoms with Gasteiger partial charge in [-0.15, -0.1) is 11.3 Å². The summed E-state index contributed by atoms with van der Waals surface area (Å²) in [5, 5.41) is 4.60. The first-order chi connectivity index (χ1) is 10.1. The molecule has 1 fully saturated rings. The maximum atomic E-state index is 5.86. The molecule has 0 amide bonds. The Labute approximate surface area is 130 Å². The van der Waals surface area contributed by atoms with Crippen molar-refractivity contribution in [3.05, 3.63) is 44.9 Å². The van der Waals surface area contributed by atoms with Gasteiger partial charge in [-0.3, -0.25) is 0 Å². The molecule has 0 atom stereocenters. The predicted octanol–water partition coefficient (Wildman–Crippen LogP) is 3.90. The molecule has 1 N–H and O–H groups in total. The van der Waals surface area contributed by atoms with Crippen molar-refractivity contribution in [1.82, 2.24) is 10.3 Å². The molecule has 1 aliphatic carbocycles. The van der Waals surface area contributed by atoms with Gasteiger partial charge in [-0.2, -0.15) is 0 Å². The first-order valence-corrected chi connectivity index (χ1v) is 8.32. The SMILES string of the molecule is Cc1ccc(OCc2nc(C)c(CNC3CC3)s2)cc1C. The zero-order valence-corrected chi connectivity index (χ0v) is 13.7. The molecule has 0 saturated heterocycles. The third-order valence-corrected chi connectivity index (χ3v) is 5.04. The summed E-state index contributed by atoms with van der Waals surface area (Å²) in [5.41, 5.74) is 3.69. The van der Waals surface area contributed by atoms with Crippen molar-refractivity contribution < 1.29 is 4.74 Å². The van der Waals surface area contributed by atoms with Crippen LogP contribution in [0, 0.1) is 20.8 Å². The summed E-state index contributed by atoms with van der Waals surface area (Å²) >= 11 is 1.76. The molecule has 4 heteroatoms. The van der Waals surface area contributed by atoms with E-state index in [0.717, 1.165) is 29.0 Å². The summed E-state index contributed by atoms with van der Waals surface area (Å²) in [4.78, 5) is 5.95. The van der Waals surface area contributed by atoms with E-state index in [1.165, 1.54) is 28.8 Å². The van der Waals surface area contributed by atoms with E-state index in [0.29, 0.717) is 6.61 Å². The predicted molar refractivity (Wildman–Crippen MR) is 87.0 cm³/mol. The molecule has 3 nitrogen and oxygen atoms in total. The molecule has 0 radical (unpaired) electrons. The van der Waals surface area contributed by atoms with Crippen molar-refractivity contribution in [2.45, 2.75) is 52.8 Å². The van der Waals surface area contributed by atoms with Crippen LogP contribution in [0.2, 0.25) is 0 Å². The molecule has 3 rings (SSSR count). The smallest absolute Gasteiger partial charge is 0.140 e. The Morgan fingerprint density at radius 1 is 1.24 bits per heavy atom. The van der Waals surface area contributed by atoms with Crippen molar-refractivity contribution in [2.24, 2.45) is 0 Å². The van der Waals surface area contributed by atoms with Crippen LogP contribution in [-0.4, -0.2) is 11.0 Å². The van der Waals surface area contributed by atoms with Crippen LogP contribution in [0.4, 0.5) is 0 Å². The van der Waals surface area contributed by atoms with E-state index in [2.05, 4.69) is 43.2 Å². The van der Waals surface area contributed by atoms with Crippen LogP contribution >= 0.6 is 11.3 Å². The lowest BCUT2D eigenvalue weighted by atomic mass is 10.1. The minimum Gasteiger partial charge on any atom is -0.486 e. The Morgan fingerprint density at radius 2 is 2.05 bits per heavy atom. The number of nitrogens with one attached hydrogen (secondary N) is 1. The van der Waals surface area contributed by atoms with E-state index < -0.39 is 0 Å². The van der Waals surface area contributed by atoms with Crippen LogP contribution in [0.25, 0.3) is 0 Å². The lowest BCUT2D eigenvalue weighted by Gasteiger charge is -2.06. The summed E-state index contributed by atoms with van der Waals surface area (Å²) in [6, 6.07) is 6.95. The summed E-state index contributed by atoms with van der Waals surface area (Å²) in [6.07, 6.45) is 2.64. The van der Waals surface area contributed by atoms with Crippen LogP contribution in [0.5, 0.6) is 5.75 Å². The molecule has 0 aliphatic heterocycles. The van der Waals surface area contributed by atoms with Crippen LogP contribution < -0.4 is 10.1 Å². The molecule has 2 aromatic rings. The molecule has 0 unspecified atom stereocenters. The molecular formula is C17H22N2OS. The Balaban J connectivity index is 1.59. The Hall–Kier alpha value is -1.39. The monoisotopic (exact) mass is 302 g/mol. The Kier molecular flexibility index (Phi) is 4.27. The number of aryl methyl sites for hydroxylation is 3. The lowest BCUT2D eigenvalue weighted by molar-refractivity contribution is 0.305. The maximum Gasteiger partial charge on any atom is 0.140 e. The highest BCUT2D eigenvalue weighted by atomic mass is 32.1. The van der Waals surface area contributed by atoms with Crippen LogP contribution in [0.3, 0.4) is 0 Å². The van der Waals surface area contributed by atoms with Crippen molar-refractivity contribution in [3.8, 4) is 5.75 Å². The number of benzene rings is 1. The van der Waals surface area contributed by atoms with Gasteiger partial charge in [0.2, 0.25) is 0 Å². The van der Waals surface area contributed by atoms with E-state index in [1.54, 1.807) is 11.3 Å². The number of hydrogen-bond acceptors (Lipinski definition) is 4. The van der Waals surface area contributed by atoms with Gasteiger partial charge in [0, 0.05) is 17.5 Å². The minimum atomic E-state index is 0.553. The zero-order valence-electron chi connectivity index (χ0n) is 12.9. The fourth-order valence-electron chi connectivity index (χ4n) is 2.19. The number of rotatable bonds is 6. The molecule has 0 spiro atoms. The summed E-state index contributed by atoms with van der Waals surface area (Å²) < 4.78 is 5.86. The second-order valence-corrected chi connectivity index (χ2v) is 6.97. The Bertz CT molecular complexity index is 632. The molecule has 1 heterocycles. The van der Waals surface area contributed by atoms with E-state index in [4.69, 9.17) is 4.74 Å². The van der Waals surface area contributed by atoms with Crippen LogP contribution in [-0.2, 0) is 13.2 Å². The van der Waals surface area contributed by atoms with Crippen LogP contribution in [0.1, 0.15) is 39.5 Å². The summed E-state index contributed by atoms with van der Waals surface area (Å²) in [6.45, 7) is 7.80. The number of ether oxygens (including phenoxy) is 1. The van der Waals surface area contributed by atoms with Crippen molar-refractivity contribution in [1.29, 1.82) is 0 Å². The normalized spacial score (nSPS) is 14.4. The molecule has 0 bridgehead atoms. The highest BCUT2D eigenvalue weighted by Gasteiger charge is 2.21. The van der Waals surface area contributed by atoms with Crippen molar-refractivity contribution in [3.63, 3.8) is 0 Å². The number of aromatic nitrogens is 1. The minimum absolute atomic E-state index is 0.553. The Morgan fingerprint density at radius 3 is 2.76 bits per heavy atom. The number of nitrogens with zero attached hydrogens (tertiary/aromatic N) is 1. The molecule has 1 aromatic heterocycles. The first-order valence-electron chi connectivity index (χ1n) is 7.50. The fraction of sp³-hybridized carbons (Fsp3) is 0.471. The molecule has 1 saturated carbocycles. The average Bonchev–Trinajstić information content (AvgIpc) is 3.22. The van der Waals surface area contributed by atoms with Gasteiger partial charge in [-0.25, -0.2) is 4.98 Å². The molecule has 1 aromatic carbocycles. The van der Waals surface area contributed by atoms with Gasteiger partial charge in [-0.05, 0) is 56.9 Å². The third-order valence-electron chi connectivity index (χ3n) is 3.91. The maximum absolute atomic E-state index is 5.86. The van der Waals surface area contributed by atoms with Gasteiger partial charge in [0.05, 0.1) is 5.69 Å². The number of thiazole rings is 1. The van der Waals surface area contributed by atoms with E-state index >= 15 is 0 Å². The molecular weight excluding hydrogens is 280 g/mol. The lowest BCUT2D eigenvalue weighted by Crippen LogP contribution is -2.14. The van der Waals surface area contributed by atoms with E-state index in [9.17, 15) is 0 Å². The molecule has 112 valence electrons. The van der Waals surface area contributed by atoms with Gasteiger partial charge in [0.15, 0.2) is 0 Å². The molecule has 1 aliphatic rings. The highest BCUT2D eigenvalue weighted by molar-refractivity contribution is 7.11. The highest BCUT2D eigenvalue weighted by Crippen LogP contribution is 2.24.